The molecule has 8 heteroatoms. The van der Waals surface area contributed by atoms with Crippen molar-refractivity contribution >= 4 is 38.9 Å². The summed E-state index contributed by atoms with van der Waals surface area (Å²) in [7, 11) is -3.82. The molecule has 0 unspecified atom stereocenters. The third-order valence-electron chi connectivity index (χ3n) is 4.95. The number of carbonyl (C=O) groups excluding carboxylic acids is 1. The first kappa shape index (κ1) is 24.6. The molecule has 0 heterocycles. The van der Waals surface area contributed by atoms with E-state index in [1.165, 1.54) is 29.8 Å². The van der Waals surface area contributed by atoms with Gasteiger partial charge in [-0.3, -0.25) is 9.52 Å². The molecule has 3 aromatic carbocycles. The largest absolute Gasteiger partial charge is 0.481 e. The minimum Gasteiger partial charge on any atom is -0.481 e. The van der Waals surface area contributed by atoms with Crippen LogP contribution in [-0.2, 0) is 20.2 Å². The minimum absolute atomic E-state index is 0.0318. The van der Waals surface area contributed by atoms with Crippen LogP contribution in [0.3, 0.4) is 0 Å². The van der Waals surface area contributed by atoms with Gasteiger partial charge in [0.2, 0.25) is 0 Å². The average molecular weight is 487 g/mol. The molecule has 3 aromatic rings. The topological polar surface area (TPSA) is 84.5 Å². The lowest BCUT2D eigenvalue weighted by Crippen LogP contribution is -2.30. The number of sulfonamides is 1. The molecule has 0 spiro atoms. The van der Waals surface area contributed by atoms with Crippen LogP contribution in [0.4, 0.5) is 11.4 Å². The molecule has 0 aromatic heterocycles. The van der Waals surface area contributed by atoms with Gasteiger partial charge in [0.1, 0.15) is 5.75 Å². The molecule has 0 radical (unpaired) electrons. The molecular formula is C25H27ClN2O4S. The third kappa shape index (κ3) is 6.49. The highest BCUT2D eigenvalue weighted by atomic mass is 35.5. The summed E-state index contributed by atoms with van der Waals surface area (Å²) in [5, 5.41) is 3.03. The smallest absolute Gasteiger partial charge is 0.265 e. The van der Waals surface area contributed by atoms with Crippen LogP contribution >= 0.6 is 11.6 Å². The van der Waals surface area contributed by atoms with E-state index in [0.29, 0.717) is 16.5 Å². The summed E-state index contributed by atoms with van der Waals surface area (Å²) in [6, 6.07) is 20.1. The molecular weight excluding hydrogens is 460 g/mol. The van der Waals surface area contributed by atoms with Crippen molar-refractivity contribution in [3.63, 3.8) is 0 Å². The number of halogens is 1. The van der Waals surface area contributed by atoms with E-state index in [9.17, 15) is 13.2 Å². The number of carbonyl (C=O) groups is 1. The van der Waals surface area contributed by atoms with E-state index in [0.717, 1.165) is 0 Å². The van der Waals surface area contributed by atoms with Gasteiger partial charge in [0.05, 0.1) is 15.6 Å². The number of hydrogen-bond donors (Lipinski definition) is 2. The molecule has 0 aliphatic carbocycles. The molecule has 6 nitrogen and oxygen atoms in total. The fourth-order valence-corrected chi connectivity index (χ4v) is 4.32. The molecule has 174 valence electrons. The van der Waals surface area contributed by atoms with Crippen LogP contribution in [0, 0.1) is 0 Å². The van der Waals surface area contributed by atoms with Crippen LogP contribution in [0.2, 0.25) is 5.02 Å². The van der Waals surface area contributed by atoms with Gasteiger partial charge in [-0.05, 0) is 66.4 Å². The van der Waals surface area contributed by atoms with Crippen molar-refractivity contribution in [1.82, 2.24) is 0 Å². The van der Waals surface area contributed by atoms with Gasteiger partial charge in [-0.1, -0.05) is 56.6 Å². The van der Waals surface area contributed by atoms with Crippen LogP contribution in [-0.4, -0.2) is 20.4 Å². The van der Waals surface area contributed by atoms with E-state index in [1.54, 1.807) is 31.2 Å². The second-order valence-corrected chi connectivity index (χ2v) is 10.7. The van der Waals surface area contributed by atoms with E-state index in [1.807, 2.05) is 24.3 Å². The molecule has 2 N–H and O–H groups in total. The lowest BCUT2D eigenvalue weighted by atomic mass is 9.87. The van der Waals surface area contributed by atoms with Crippen LogP contribution in [0.25, 0.3) is 0 Å². The Bertz CT molecular complexity index is 1220. The Kier molecular flexibility index (Phi) is 7.34. The highest BCUT2D eigenvalue weighted by Crippen LogP contribution is 2.26. The summed E-state index contributed by atoms with van der Waals surface area (Å²) in [4.78, 5) is 12.6. The van der Waals surface area contributed by atoms with Crippen LogP contribution < -0.4 is 14.8 Å². The Balaban J connectivity index is 1.62. The molecule has 0 saturated carbocycles. The maximum atomic E-state index is 12.6. The number of ether oxygens (including phenoxy) is 1. The van der Waals surface area contributed by atoms with Crippen molar-refractivity contribution in [2.24, 2.45) is 0 Å². The summed E-state index contributed by atoms with van der Waals surface area (Å²) in [5.41, 5.74) is 1.95. The van der Waals surface area contributed by atoms with E-state index in [-0.39, 0.29) is 21.9 Å². The van der Waals surface area contributed by atoms with Crippen molar-refractivity contribution < 1.29 is 17.9 Å². The Labute approximate surface area is 200 Å². The van der Waals surface area contributed by atoms with Gasteiger partial charge >= 0.3 is 0 Å². The predicted molar refractivity (Wildman–Crippen MR) is 133 cm³/mol. The Morgan fingerprint density at radius 3 is 2.12 bits per heavy atom. The fraction of sp³-hybridized carbons (Fsp3) is 0.240. The maximum Gasteiger partial charge on any atom is 0.265 e. The highest BCUT2D eigenvalue weighted by molar-refractivity contribution is 7.92. The van der Waals surface area contributed by atoms with Crippen LogP contribution in [0.5, 0.6) is 5.75 Å². The lowest BCUT2D eigenvalue weighted by molar-refractivity contribution is -0.122. The highest BCUT2D eigenvalue weighted by Gasteiger charge is 2.18. The first-order chi connectivity index (χ1) is 15.5. The normalized spacial score (nSPS) is 12.6. The summed E-state index contributed by atoms with van der Waals surface area (Å²) in [5.74, 6) is 0.248. The predicted octanol–water partition coefficient (Wildman–Crippen LogP) is 5.84. The zero-order chi connectivity index (χ0) is 24.2. The summed E-state index contributed by atoms with van der Waals surface area (Å²) < 4.78 is 33.4. The summed E-state index contributed by atoms with van der Waals surface area (Å²) >= 11 is 6.03. The third-order valence-corrected chi connectivity index (χ3v) is 6.66. The molecule has 1 atom stereocenters. The monoisotopic (exact) mass is 486 g/mol. The molecule has 0 saturated heterocycles. The maximum absolute atomic E-state index is 12.6. The number of hydrogen-bond acceptors (Lipinski definition) is 4. The number of benzene rings is 3. The van der Waals surface area contributed by atoms with Crippen molar-refractivity contribution in [1.29, 1.82) is 0 Å². The number of amides is 1. The van der Waals surface area contributed by atoms with E-state index in [2.05, 4.69) is 30.8 Å². The van der Waals surface area contributed by atoms with Gasteiger partial charge in [0.15, 0.2) is 6.10 Å². The standard InChI is InChI=1S/C25H27ClN2O4S/c1-17(32-20-13-9-18(10-14-20)25(2,3)4)24(29)27-19-11-15-21(16-12-19)33(30,31)28-23-8-6-5-7-22(23)26/h5-17,28H,1-4H3,(H,27,29)/t17-/m1/s1. The van der Waals surface area contributed by atoms with Gasteiger partial charge < -0.3 is 10.1 Å². The van der Waals surface area contributed by atoms with Gasteiger partial charge in [-0.2, -0.15) is 0 Å². The van der Waals surface area contributed by atoms with Crippen molar-refractivity contribution in [3.05, 3.63) is 83.4 Å². The first-order valence-electron chi connectivity index (χ1n) is 10.4. The van der Waals surface area contributed by atoms with Gasteiger partial charge in [0.25, 0.3) is 15.9 Å². The minimum atomic E-state index is -3.82. The number of rotatable bonds is 7. The summed E-state index contributed by atoms with van der Waals surface area (Å²) in [6.45, 7) is 8.03. The SMILES string of the molecule is C[C@@H](Oc1ccc(C(C)(C)C)cc1)C(=O)Nc1ccc(S(=O)(=O)Nc2ccccc2Cl)cc1. The van der Waals surface area contributed by atoms with E-state index in [4.69, 9.17) is 16.3 Å². The van der Waals surface area contributed by atoms with Crippen molar-refractivity contribution in [2.45, 2.75) is 44.1 Å². The molecule has 0 aliphatic rings. The molecule has 0 fully saturated rings. The van der Waals surface area contributed by atoms with E-state index < -0.39 is 16.1 Å². The van der Waals surface area contributed by atoms with Crippen molar-refractivity contribution in [2.75, 3.05) is 10.0 Å². The molecule has 0 aliphatic heterocycles. The zero-order valence-corrected chi connectivity index (χ0v) is 20.5. The van der Waals surface area contributed by atoms with E-state index >= 15 is 0 Å². The summed E-state index contributed by atoms with van der Waals surface area (Å²) in [6.07, 6.45) is -0.740. The molecule has 1 amide bonds. The Morgan fingerprint density at radius 1 is 0.939 bits per heavy atom. The quantitative estimate of drug-likeness (QED) is 0.439. The number of nitrogens with one attached hydrogen (secondary N) is 2. The van der Waals surface area contributed by atoms with Gasteiger partial charge in [0, 0.05) is 5.69 Å². The zero-order valence-electron chi connectivity index (χ0n) is 18.9. The first-order valence-corrected chi connectivity index (χ1v) is 12.3. The van der Waals surface area contributed by atoms with Crippen LogP contribution in [0.15, 0.2) is 77.7 Å². The Morgan fingerprint density at radius 2 is 1.55 bits per heavy atom. The molecule has 0 bridgehead atoms. The average Bonchev–Trinajstić information content (AvgIpc) is 2.75. The second kappa shape index (κ2) is 9.85. The number of para-hydroxylation sites is 1. The lowest BCUT2D eigenvalue weighted by Gasteiger charge is -2.20. The van der Waals surface area contributed by atoms with Gasteiger partial charge in [-0.15, -0.1) is 0 Å². The fourth-order valence-electron chi connectivity index (χ4n) is 3.00. The van der Waals surface area contributed by atoms with Gasteiger partial charge in [-0.25, -0.2) is 8.42 Å². The molecule has 33 heavy (non-hydrogen) atoms. The second-order valence-electron chi connectivity index (χ2n) is 8.63. The number of anilines is 2. The van der Waals surface area contributed by atoms with Crippen molar-refractivity contribution in [3.8, 4) is 5.75 Å². The molecule has 3 rings (SSSR count). The van der Waals surface area contributed by atoms with Crippen LogP contribution in [0.1, 0.15) is 33.3 Å². The Hall–Kier alpha value is -3.03.